The molecule has 0 aliphatic carbocycles. The lowest BCUT2D eigenvalue weighted by Crippen LogP contribution is -2.05. The van der Waals surface area contributed by atoms with Crippen LogP contribution in [0.1, 0.15) is 5.56 Å². The van der Waals surface area contributed by atoms with Gasteiger partial charge in [0.2, 0.25) is 0 Å². The van der Waals surface area contributed by atoms with Gasteiger partial charge in [-0.1, -0.05) is 23.2 Å². The van der Waals surface area contributed by atoms with E-state index in [1.807, 2.05) is 0 Å². The maximum absolute atomic E-state index is 12.5. The first-order valence-corrected chi connectivity index (χ1v) is 6.08. The molecule has 0 fully saturated rings. The van der Waals surface area contributed by atoms with Crippen molar-refractivity contribution >= 4 is 40.4 Å². The van der Waals surface area contributed by atoms with Crippen LogP contribution in [0.25, 0.3) is 0 Å². The van der Waals surface area contributed by atoms with Crippen LogP contribution in [0.4, 0.5) is 30.4 Å². The van der Waals surface area contributed by atoms with E-state index in [0.29, 0.717) is 5.69 Å². The summed E-state index contributed by atoms with van der Waals surface area (Å²) < 4.78 is 37.5. The number of pyridine rings is 1. The van der Waals surface area contributed by atoms with Gasteiger partial charge in [0.05, 0.1) is 33.2 Å². The van der Waals surface area contributed by atoms with Crippen molar-refractivity contribution in [2.75, 3.05) is 11.1 Å². The average molecular weight is 322 g/mol. The van der Waals surface area contributed by atoms with Crippen LogP contribution in [0.2, 0.25) is 10.0 Å². The van der Waals surface area contributed by atoms with Crippen LogP contribution in [0.15, 0.2) is 30.5 Å². The highest BCUT2D eigenvalue weighted by Crippen LogP contribution is 2.35. The van der Waals surface area contributed by atoms with Crippen molar-refractivity contribution in [1.82, 2.24) is 4.98 Å². The Kier molecular flexibility index (Phi) is 3.96. The largest absolute Gasteiger partial charge is 0.416 e. The number of hydrogen-bond acceptors (Lipinski definition) is 3. The molecule has 3 N–H and O–H groups in total. The molecule has 0 amide bonds. The quantitative estimate of drug-likeness (QED) is 0.840. The van der Waals surface area contributed by atoms with E-state index >= 15 is 0 Å². The topological polar surface area (TPSA) is 50.9 Å². The minimum atomic E-state index is -4.45. The number of nitrogens with zero attached hydrogens (tertiary/aromatic N) is 1. The molecule has 0 aliphatic rings. The second-order valence-electron chi connectivity index (χ2n) is 3.92. The van der Waals surface area contributed by atoms with Gasteiger partial charge in [0.15, 0.2) is 0 Å². The molecule has 3 nitrogen and oxygen atoms in total. The SMILES string of the molecule is Nc1cnc(Nc2ccc(C(F)(F)F)cc2Cl)c(Cl)c1. The van der Waals surface area contributed by atoms with E-state index in [2.05, 4.69) is 10.3 Å². The fourth-order valence-electron chi connectivity index (χ4n) is 1.47. The molecule has 0 unspecified atom stereocenters. The van der Waals surface area contributed by atoms with Gasteiger partial charge in [0.25, 0.3) is 0 Å². The first-order chi connectivity index (χ1) is 9.27. The molecule has 0 saturated carbocycles. The number of halogens is 5. The Morgan fingerprint density at radius 2 is 1.80 bits per heavy atom. The van der Waals surface area contributed by atoms with Crippen LogP contribution in [0, 0.1) is 0 Å². The zero-order valence-corrected chi connectivity index (χ0v) is 11.3. The number of anilines is 3. The van der Waals surface area contributed by atoms with Crippen LogP contribution in [0.3, 0.4) is 0 Å². The van der Waals surface area contributed by atoms with E-state index in [9.17, 15) is 13.2 Å². The molecule has 0 atom stereocenters. The number of nitrogens with two attached hydrogens (primary N) is 1. The molecule has 0 spiro atoms. The van der Waals surface area contributed by atoms with E-state index in [0.717, 1.165) is 12.1 Å². The number of benzene rings is 1. The van der Waals surface area contributed by atoms with E-state index in [4.69, 9.17) is 28.9 Å². The predicted octanol–water partition coefficient (Wildman–Crippen LogP) is 4.73. The van der Waals surface area contributed by atoms with Crippen molar-refractivity contribution in [3.05, 3.63) is 46.1 Å². The Labute approximate surface area is 122 Å². The Morgan fingerprint density at radius 3 is 2.35 bits per heavy atom. The van der Waals surface area contributed by atoms with Crippen molar-refractivity contribution in [3.63, 3.8) is 0 Å². The Morgan fingerprint density at radius 1 is 1.10 bits per heavy atom. The fourth-order valence-corrected chi connectivity index (χ4v) is 1.91. The van der Waals surface area contributed by atoms with Gasteiger partial charge in [-0.2, -0.15) is 13.2 Å². The number of nitrogen functional groups attached to an aromatic ring is 1. The monoisotopic (exact) mass is 321 g/mol. The molecule has 1 heterocycles. The van der Waals surface area contributed by atoms with Crippen LogP contribution in [0.5, 0.6) is 0 Å². The van der Waals surface area contributed by atoms with E-state index < -0.39 is 11.7 Å². The summed E-state index contributed by atoms with van der Waals surface area (Å²) >= 11 is 11.7. The molecular formula is C12H8Cl2F3N3. The lowest BCUT2D eigenvalue weighted by molar-refractivity contribution is -0.137. The molecule has 1 aromatic heterocycles. The normalized spacial score (nSPS) is 11.4. The standard InChI is InChI=1S/C12H8Cl2F3N3/c13-8-3-6(12(15,16)17)1-2-10(8)20-11-9(14)4-7(18)5-19-11/h1-5H,18H2,(H,19,20). The third kappa shape index (κ3) is 3.26. The van der Waals surface area contributed by atoms with Crippen molar-refractivity contribution in [2.24, 2.45) is 0 Å². The summed E-state index contributed by atoms with van der Waals surface area (Å²) in [6.07, 6.45) is -3.08. The Bertz CT molecular complexity index is 644. The van der Waals surface area contributed by atoms with Gasteiger partial charge in [-0.25, -0.2) is 4.98 Å². The maximum atomic E-state index is 12.5. The van der Waals surface area contributed by atoms with Gasteiger partial charge in [-0.05, 0) is 24.3 Å². The summed E-state index contributed by atoms with van der Waals surface area (Å²) in [7, 11) is 0. The molecular weight excluding hydrogens is 314 g/mol. The van der Waals surface area contributed by atoms with Gasteiger partial charge < -0.3 is 11.1 Å². The Hall–Kier alpha value is -1.66. The second-order valence-corrected chi connectivity index (χ2v) is 4.73. The second kappa shape index (κ2) is 5.38. The Balaban J connectivity index is 2.30. The highest BCUT2D eigenvalue weighted by molar-refractivity contribution is 6.34. The number of aromatic nitrogens is 1. The van der Waals surface area contributed by atoms with Gasteiger partial charge in [0, 0.05) is 0 Å². The summed E-state index contributed by atoms with van der Waals surface area (Å²) in [5.41, 5.74) is 5.30. The van der Waals surface area contributed by atoms with Crippen LogP contribution >= 0.6 is 23.2 Å². The third-order valence-corrected chi connectivity index (χ3v) is 3.01. The summed E-state index contributed by atoms with van der Waals surface area (Å²) in [6.45, 7) is 0. The van der Waals surface area contributed by atoms with Crippen molar-refractivity contribution < 1.29 is 13.2 Å². The van der Waals surface area contributed by atoms with Crippen LogP contribution in [-0.2, 0) is 6.18 Å². The highest BCUT2D eigenvalue weighted by atomic mass is 35.5. The zero-order valence-electron chi connectivity index (χ0n) is 9.80. The fraction of sp³-hybridized carbons (Fsp3) is 0.0833. The minimum Gasteiger partial charge on any atom is -0.397 e. The lowest BCUT2D eigenvalue weighted by Gasteiger charge is -2.12. The van der Waals surface area contributed by atoms with E-state index in [1.54, 1.807) is 0 Å². The van der Waals surface area contributed by atoms with E-state index in [1.165, 1.54) is 18.3 Å². The molecule has 2 rings (SSSR count). The summed E-state index contributed by atoms with van der Waals surface area (Å²) in [5.74, 6) is 0.252. The molecule has 106 valence electrons. The van der Waals surface area contributed by atoms with Crippen LogP contribution in [-0.4, -0.2) is 4.98 Å². The molecule has 8 heteroatoms. The summed E-state index contributed by atoms with van der Waals surface area (Å²) in [4.78, 5) is 3.94. The molecule has 0 aliphatic heterocycles. The predicted molar refractivity (Wildman–Crippen MR) is 73.4 cm³/mol. The number of rotatable bonds is 2. The number of nitrogens with one attached hydrogen (secondary N) is 1. The van der Waals surface area contributed by atoms with Crippen molar-refractivity contribution in [2.45, 2.75) is 6.18 Å². The van der Waals surface area contributed by atoms with Gasteiger partial charge in [0.1, 0.15) is 5.82 Å². The van der Waals surface area contributed by atoms with Crippen LogP contribution < -0.4 is 11.1 Å². The van der Waals surface area contributed by atoms with Crippen molar-refractivity contribution in [3.8, 4) is 0 Å². The van der Waals surface area contributed by atoms with Gasteiger partial charge >= 0.3 is 6.18 Å². The molecule has 20 heavy (non-hydrogen) atoms. The number of hydrogen-bond donors (Lipinski definition) is 2. The van der Waals surface area contributed by atoms with Gasteiger partial charge in [-0.15, -0.1) is 0 Å². The molecule has 0 saturated heterocycles. The lowest BCUT2D eigenvalue weighted by atomic mass is 10.2. The average Bonchev–Trinajstić information content (AvgIpc) is 2.33. The summed E-state index contributed by atoms with van der Waals surface area (Å²) in [5, 5.41) is 2.90. The van der Waals surface area contributed by atoms with Crippen molar-refractivity contribution in [1.29, 1.82) is 0 Å². The zero-order chi connectivity index (χ0) is 14.9. The molecule has 0 bridgehead atoms. The van der Waals surface area contributed by atoms with E-state index in [-0.39, 0.29) is 21.6 Å². The number of alkyl halides is 3. The molecule has 1 aromatic carbocycles. The highest BCUT2D eigenvalue weighted by Gasteiger charge is 2.30. The third-order valence-electron chi connectivity index (χ3n) is 2.41. The maximum Gasteiger partial charge on any atom is 0.416 e. The first kappa shape index (κ1) is 14.7. The minimum absolute atomic E-state index is 0.0884. The smallest absolute Gasteiger partial charge is 0.397 e. The first-order valence-electron chi connectivity index (χ1n) is 5.32. The summed E-state index contributed by atoms with van der Waals surface area (Å²) in [6, 6.07) is 4.42. The van der Waals surface area contributed by atoms with Gasteiger partial charge in [-0.3, -0.25) is 0 Å². The molecule has 0 radical (unpaired) electrons. The molecule has 2 aromatic rings.